The van der Waals surface area contributed by atoms with E-state index in [1.807, 2.05) is 13.8 Å². The van der Waals surface area contributed by atoms with Crippen molar-refractivity contribution >= 4 is 0 Å². The monoisotopic (exact) mass is 251 g/mol. The summed E-state index contributed by atoms with van der Waals surface area (Å²) in [6.07, 6.45) is 2.17. The quantitative estimate of drug-likeness (QED) is 0.881. The van der Waals surface area contributed by atoms with Crippen molar-refractivity contribution in [3.63, 3.8) is 0 Å². The van der Waals surface area contributed by atoms with Crippen molar-refractivity contribution in [2.75, 3.05) is 0 Å². The molecule has 1 heterocycles. The van der Waals surface area contributed by atoms with Gasteiger partial charge in [0.05, 0.1) is 11.9 Å². The van der Waals surface area contributed by atoms with Crippen LogP contribution in [0.5, 0.6) is 0 Å². The molecule has 18 heavy (non-hydrogen) atoms. The first kappa shape index (κ1) is 12.7. The number of nitrogens with zero attached hydrogens (tertiary/aromatic N) is 1. The van der Waals surface area contributed by atoms with Gasteiger partial charge in [0.25, 0.3) is 0 Å². The highest BCUT2D eigenvalue weighted by atomic mass is 19.2. The second-order valence-corrected chi connectivity index (χ2v) is 5.04. The molecule has 0 aliphatic carbocycles. The van der Waals surface area contributed by atoms with Crippen molar-refractivity contribution in [1.29, 1.82) is 0 Å². The Morgan fingerprint density at radius 1 is 1.28 bits per heavy atom. The van der Waals surface area contributed by atoms with Crippen molar-refractivity contribution in [3.8, 4) is 11.3 Å². The molecule has 96 valence electrons. The van der Waals surface area contributed by atoms with Crippen LogP contribution in [0, 0.1) is 11.6 Å². The molecule has 0 bridgehead atoms. The van der Waals surface area contributed by atoms with Crippen molar-refractivity contribution in [2.45, 2.75) is 25.8 Å². The molecule has 1 aromatic heterocycles. The number of imidazole rings is 1. The van der Waals surface area contributed by atoms with Gasteiger partial charge in [-0.05, 0) is 32.0 Å². The molecule has 1 aromatic carbocycles. The number of aromatic nitrogens is 2. The molecule has 0 unspecified atom stereocenters. The van der Waals surface area contributed by atoms with Gasteiger partial charge in [-0.25, -0.2) is 13.8 Å². The van der Waals surface area contributed by atoms with Gasteiger partial charge in [0.1, 0.15) is 5.82 Å². The van der Waals surface area contributed by atoms with Crippen LogP contribution >= 0.6 is 0 Å². The van der Waals surface area contributed by atoms with Crippen molar-refractivity contribution in [2.24, 2.45) is 5.73 Å². The Morgan fingerprint density at radius 3 is 2.61 bits per heavy atom. The summed E-state index contributed by atoms with van der Waals surface area (Å²) in [4.78, 5) is 7.23. The van der Waals surface area contributed by atoms with E-state index in [2.05, 4.69) is 9.97 Å². The summed E-state index contributed by atoms with van der Waals surface area (Å²) in [7, 11) is 0. The number of hydrogen-bond donors (Lipinski definition) is 2. The molecule has 0 saturated heterocycles. The third kappa shape index (κ3) is 2.92. The summed E-state index contributed by atoms with van der Waals surface area (Å²) in [5, 5.41) is 0. The van der Waals surface area contributed by atoms with E-state index in [1.165, 1.54) is 6.07 Å². The van der Waals surface area contributed by atoms with E-state index in [-0.39, 0.29) is 5.54 Å². The summed E-state index contributed by atoms with van der Waals surface area (Å²) in [6.45, 7) is 3.79. The Hall–Kier alpha value is -1.75. The maximum atomic E-state index is 13.1. The Bertz CT molecular complexity index is 556. The molecule has 0 spiro atoms. The summed E-state index contributed by atoms with van der Waals surface area (Å²) < 4.78 is 25.9. The van der Waals surface area contributed by atoms with Crippen LogP contribution in [-0.4, -0.2) is 15.5 Å². The normalized spacial score (nSPS) is 11.8. The molecule has 3 nitrogen and oxygen atoms in total. The smallest absolute Gasteiger partial charge is 0.159 e. The topological polar surface area (TPSA) is 54.7 Å². The summed E-state index contributed by atoms with van der Waals surface area (Å²) in [5.74, 6) is -1.01. The van der Waals surface area contributed by atoms with E-state index in [1.54, 1.807) is 6.20 Å². The first-order chi connectivity index (χ1) is 8.35. The van der Waals surface area contributed by atoms with Gasteiger partial charge in [-0.2, -0.15) is 0 Å². The minimum atomic E-state index is -0.872. The molecule has 0 radical (unpaired) electrons. The van der Waals surface area contributed by atoms with Crippen LogP contribution in [0.15, 0.2) is 24.4 Å². The molecule has 2 aromatic rings. The highest BCUT2D eigenvalue weighted by molar-refractivity contribution is 5.58. The number of H-pyrrole nitrogens is 1. The van der Waals surface area contributed by atoms with Gasteiger partial charge in [-0.15, -0.1) is 0 Å². The standard InChI is InChI=1S/C13H15F2N3/c1-13(2,16)6-12-17-7-11(18-12)8-3-4-9(14)10(15)5-8/h3-5,7H,6,16H2,1-2H3,(H,17,18). The first-order valence-electron chi connectivity index (χ1n) is 5.63. The van der Waals surface area contributed by atoms with E-state index in [0.717, 1.165) is 18.0 Å². The first-order valence-corrected chi connectivity index (χ1v) is 5.63. The van der Waals surface area contributed by atoms with Gasteiger partial charge in [0.15, 0.2) is 11.6 Å². The highest BCUT2D eigenvalue weighted by Crippen LogP contribution is 2.20. The highest BCUT2D eigenvalue weighted by Gasteiger charge is 2.14. The molecule has 0 saturated carbocycles. The zero-order chi connectivity index (χ0) is 13.3. The fraction of sp³-hybridized carbons (Fsp3) is 0.308. The maximum Gasteiger partial charge on any atom is 0.159 e. The number of nitrogens with two attached hydrogens (primary N) is 1. The van der Waals surface area contributed by atoms with Crippen LogP contribution in [0.1, 0.15) is 19.7 Å². The number of hydrogen-bond acceptors (Lipinski definition) is 2. The van der Waals surface area contributed by atoms with Gasteiger partial charge < -0.3 is 10.7 Å². The lowest BCUT2D eigenvalue weighted by molar-refractivity contribution is 0.504. The van der Waals surface area contributed by atoms with Gasteiger partial charge in [0, 0.05) is 17.5 Å². The zero-order valence-corrected chi connectivity index (χ0v) is 10.3. The number of benzene rings is 1. The van der Waals surface area contributed by atoms with E-state index < -0.39 is 11.6 Å². The Labute approximate surface area is 104 Å². The Kier molecular flexibility index (Phi) is 3.17. The van der Waals surface area contributed by atoms with E-state index >= 15 is 0 Å². The number of rotatable bonds is 3. The van der Waals surface area contributed by atoms with E-state index in [0.29, 0.717) is 17.7 Å². The lowest BCUT2D eigenvalue weighted by atomic mass is 10.0. The largest absolute Gasteiger partial charge is 0.342 e. The van der Waals surface area contributed by atoms with Gasteiger partial charge in [-0.3, -0.25) is 0 Å². The van der Waals surface area contributed by atoms with E-state index in [4.69, 9.17) is 5.73 Å². The molecular weight excluding hydrogens is 236 g/mol. The Morgan fingerprint density at radius 2 is 2.00 bits per heavy atom. The van der Waals surface area contributed by atoms with Crippen LogP contribution in [0.4, 0.5) is 8.78 Å². The zero-order valence-electron chi connectivity index (χ0n) is 10.3. The minimum absolute atomic E-state index is 0.372. The number of aromatic amines is 1. The third-order valence-electron chi connectivity index (χ3n) is 2.48. The van der Waals surface area contributed by atoms with Crippen LogP contribution in [-0.2, 0) is 6.42 Å². The summed E-state index contributed by atoms with van der Waals surface area (Å²) >= 11 is 0. The van der Waals surface area contributed by atoms with Crippen LogP contribution in [0.2, 0.25) is 0 Å². The van der Waals surface area contributed by atoms with Crippen LogP contribution in [0.25, 0.3) is 11.3 Å². The molecule has 3 N–H and O–H groups in total. The minimum Gasteiger partial charge on any atom is -0.342 e. The molecule has 0 fully saturated rings. The molecule has 0 amide bonds. The molecule has 0 aliphatic heterocycles. The van der Waals surface area contributed by atoms with Crippen LogP contribution < -0.4 is 5.73 Å². The predicted octanol–water partition coefficient (Wildman–Crippen LogP) is 2.63. The summed E-state index contributed by atoms with van der Waals surface area (Å²) in [5.41, 5.74) is 6.72. The Balaban J connectivity index is 2.26. The fourth-order valence-corrected chi connectivity index (χ4v) is 1.69. The van der Waals surface area contributed by atoms with Crippen molar-refractivity contribution in [1.82, 2.24) is 9.97 Å². The lowest BCUT2D eigenvalue weighted by Crippen LogP contribution is -2.34. The third-order valence-corrected chi connectivity index (χ3v) is 2.48. The van der Waals surface area contributed by atoms with E-state index in [9.17, 15) is 8.78 Å². The predicted molar refractivity (Wildman–Crippen MR) is 65.9 cm³/mol. The lowest BCUT2D eigenvalue weighted by Gasteiger charge is -2.15. The number of nitrogens with one attached hydrogen (secondary N) is 1. The molecule has 5 heteroatoms. The fourth-order valence-electron chi connectivity index (χ4n) is 1.69. The second-order valence-electron chi connectivity index (χ2n) is 5.04. The van der Waals surface area contributed by atoms with Crippen molar-refractivity contribution in [3.05, 3.63) is 41.9 Å². The second kappa shape index (κ2) is 4.49. The van der Waals surface area contributed by atoms with Gasteiger partial charge >= 0.3 is 0 Å². The molecule has 0 atom stereocenters. The SMILES string of the molecule is CC(C)(N)Cc1ncc(-c2ccc(F)c(F)c2)[nH]1. The number of halogens is 2. The molecule has 2 rings (SSSR count). The van der Waals surface area contributed by atoms with Crippen LogP contribution in [0.3, 0.4) is 0 Å². The van der Waals surface area contributed by atoms with Gasteiger partial charge in [-0.1, -0.05) is 0 Å². The average molecular weight is 251 g/mol. The van der Waals surface area contributed by atoms with Crippen molar-refractivity contribution < 1.29 is 8.78 Å². The summed E-state index contributed by atoms with van der Waals surface area (Å²) in [6, 6.07) is 3.74. The maximum absolute atomic E-state index is 13.1. The molecule has 0 aliphatic rings. The average Bonchev–Trinajstić information content (AvgIpc) is 2.68. The van der Waals surface area contributed by atoms with Gasteiger partial charge in [0.2, 0.25) is 0 Å². The molecular formula is C13H15F2N3.